The molecule has 1 saturated heterocycles. The van der Waals surface area contributed by atoms with Crippen LogP contribution in [0.2, 0.25) is 0 Å². The van der Waals surface area contributed by atoms with Gasteiger partial charge in [-0.3, -0.25) is 9.78 Å². The first-order valence-electron chi connectivity index (χ1n) is 9.92. The Labute approximate surface area is 163 Å². The van der Waals surface area contributed by atoms with Crippen molar-refractivity contribution in [3.63, 3.8) is 0 Å². The lowest BCUT2D eigenvalue weighted by Crippen LogP contribution is -2.40. The molecule has 4 heterocycles. The topological polar surface area (TPSA) is 88.3 Å². The lowest BCUT2D eigenvalue weighted by molar-refractivity contribution is -0.125. The zero-order valence-electron chi connectivity index (χ0n) is 15.7. The molecule has 8 heteroatoms. The molecular weight excluding hydrogens is 354 g/mol. The van der Waals surface area contributed by atoms with Gasteiger partial charge in [0.2, 0.25) is 5.91 Å². The van der Waals surface area contributed by atoms with E-state index in [-0.39, 0.29) is 11.8 Å². The van der Waals surface area contributed by atoms with Crippen molar-refractivity contribution in [2.75, 3.05) is 18.0 Å². The van der Waals surface area contributed by atoms with Crippen molar-refractivity contribution in [2.24, 2.45) is 5.92 Å². The Morgan fingerprint density at radius 3 is 2.71 bits per heavy atom. The second-order valence-electron chi connectivity index (χ2n) is 7.63. The van der Waals surface area contributed by atoms with Crippen LogP contribution in [0.5, 0.6) is 0 Å². The minimum Gasteiger partial charge on any atom is -0.355 e. The molecule has 2 fully saturated rings. The fourth-order valence-electron chi connectivity index (χ4n) is 3.77. The predicted octanol–water partition coefficient (Wildman–Crippen LogP) is 1.93. The smallest absolute Gasteiger partial charge is 0.223 e. The summed E-state index contributed by atoms with van der Waals surface area (Å²) >= 11 is 0. The van der Waals surface area contributed by atoms with E-state index in [1.165, 1.54) is 12.8 Å². The first kappa shape index (κ1) is 17.1. The summed E-state index contributed by atoms with van der Waals surface area (Å²) in [6.45, 7) is 2.18. The zero-order chi connectivity index (χ0) is 18.9. The highest BCUT2D eigenvalue weighted by Gasteiger charge is 2.30. The number of hydrogen-bond acceptors (Lipinski definition) is 6. The Kier molecular flexibility index (Phi) is 4.38. The number of pyridine rings is 1. The summed E-state index contributed by atoms with van der Waals surface area (Å²) in [5.74, 6) is 2.59. The number of hydrogen-bond donors (Lipinski definition) is 1. The molecule has 1 aliphatic heterocycles. The van der Waals surface area contributed by atoms with Crippen molar-refractivity contribution in [3.05, 3.63) is 48.0 Å². The summed E-state index contributed by atoms with van der Waals surface area (Å²) in [5.41, 5.74) is 1.82. The average molecular weight is 377 g/mol. The molecule has 5 rings (SSSR count). The minimum absolute atomic E-state index is 0.0496. The number of fused-ring (bicyclic) bond motifs is 1. The van der Waals surface area contributed by atoms with E-state index < -0.39 is 0 Å². The van der Waals surface area contributed by atoms with Gasteiger partial charge in [0.1, 0.15) is 5.82 Å². The molecule has 1 amide bonds. The van der Waals surface area contributed by atoms with Crippen LogP contribution in [0.15, 0.2) is 36.7 Å². The summed E-state index contributed by atoms with van der Waals surface area (Å²) in [4.78, 5) is 18.8. The maximum absolute atomic E-state index is 12.5. The van der Waals surface area contributed by atoms with Gasteiger partial charge >= 0.3 is 0 Å². The second-order valence-corrected chi connectivity index (χ2v) is 7.63. The fourth-order valence-corrected chi connectivity index (χ4v) is 3.77. The van der Waals surface area contributed by atoms with Crippen LogP contribution in [-0.2, 0) is 11.3 Å². The van der Waals surface area contributed by atoms with E-state index in [4.69, 9.17) is 5.10 Å². The molecule has 0 spiro atoms. The van der Waals surface area contributed by atoms with Crippen LogP contribution in [0.4, 0.5) is 5.82 Å². The van der Waals surface area contributed by atoms with E-state index >= 15 is 0 Å². The fraction of sp³-hybridized carbons (Fsp3) is 0.450. The molecule has 1 aliphatic carbocycles. The highest BCUT2D eigenvalue weighted by molar-refractivity contribution is 5.79. The second kappa shape index (κ2) is 7.18. The maximum atomic E-state index is 12.5. The standard InChI is InChI=1S/C20H23N7O/c28-20(22-13-14-2-1-9-21-12-14)16-7-10-26(11-8-16)18-6-5-17-23-24-19(15-3-4-15)27(17)25-18/h1-2,5-6,9,12,15-16H,3-4,7-8,10-11,13H2,(H,22,28). The van der Waals surface area contributed by atoms with Crippen LogP contribution < -0.4 is 10.2 Å². The van der Waals surface area contributed by atoms with Gasteiger partial charge in [0.05, 0.1) is 0 Å². The molecule has 28 heavy (non-hydrogen) atoms. The Bertz CT molecular complexity index is 975. The van der Waals surface area contributed by atoms with Gasteiger partial charge in [-0.1, -0.05) is 6.07 Å². The lowest BCUT2D eigenvalue weighted by Gasteiger charge is -2.32. The molecule has 3 aromatic heterocycles. The average Bonchev–Trinajstić information content (AvgIpc) is 3.51. The van der Waals surface area contributed by atoms with Crippen LogP contribution in [0.1, 0.15) is 43.0 Å². The summed E-state index contributed by atoms with van der Waals surface area (Å²) in [7, 11) is 0. The monoisotopic (exact) mass is 377 g/mol. The number of rotatable bonds is 5. The Balaban J connectivity index is 1.20. The van der Waals surface area contributed by atoms with Crippen molar-refractivity contribution >= 4 is 17.4 Å². The van der Waals surface area contributed by atoms with E-state index in [0.717, 1.165) is 48.8 Å². The number of piperidine rings is 1. The first-order chi connectivity index (χ1) is 13.8. The highest BCUT2D eigenvalue weighted by Crippen LogP contribution is 2.38. The Hall–Kier alpha value is -3.03. The normalized spacial score (nSPS) is 17.8. The number of aromatic nitrogens is 5. The number of amides is 1. The van der Waals surface area contributed by atoms with Gasteiger partial charge in [-0.2, -0.15) is 4.52 Å². The molecule has 0 atom stereocenters. The SMILES string of the molecule is O=C(NCc1cccnc1)C1CCN(c2ccc3nnc(C4CC4)n3n2)CC1. The van der Waals surface area contributed by atoms with E-state index in [1.54, 1.807) is 12.4 Å². The van der Waals surface area contributed by atoms with E-state index in [2.05, 4.69) is 25.4 Å². The third-order valence-electron chi connectivity index (χ3n) is 5.59. The van der Waals surface area contributed by atoms with E-state index in [9.17, 15) is 4.79 Å². The van der Waals surface area contributed by atoms with E-state index in [0.29, 0.717) is 12.5 Å². The van der Waals surface area contributed by atoms with Gasteiger partial charge in [0, 0.05) is 43.9 Å². The third kappa shape index (κ3) is 3.42. The molecule has 2 aliphatic rings. The van der Waals surface area contributed by atoms with Crippen molar-refractivity contribution < 1.29 is 4.79 Å². The molecule has 1 saturated carbocycles. The number of carbonyl (C=O) groups excluding carboxylic acids is 1. The largest absolute Gasteiger partial charge is 0.355 e. The van der Waals surface area contributed by atoms with Gasteiger partial charge in [0.25, 0.3) is 0 Å². The van der Waals surface area contributed by atoms with Gasteiger partial charge in [-0.05, 0) is 49.4 Å². The van der Waals surface area contributed by atoms with Crippen LogP contribution in [0, 0.1) is 5.92 Å². The van der Waals surface area contributed by atoms with Crippen LogP contribution in [-0.4, -0.2) is 43.8 Å². The molecular formula is C20H23N7O. The summed E-state index contributed by atoms with van der Waals surface area (Å²) in [5, 5.41) is 16.3. The first-order valence-corrected chi connectivity index (χ1v) is 9.92. The van der Waals surface area contributed by atoms with Crippen molar-refractivity contribution in [1.29, 1.82) is 0 Å². The van der Waals surface area contributed by atoms with Crippen LogP contribution >= 0.6 is 0 Å². The Morgan fingerprint density at radius 2 is 1.96 bits per heavy atom. The summed E-state index contributed by atoms with van der Waals surface area (Å²) in [6.07, 6.45) is 7.52. The zero-order valence-corrected chi connectivity index (χ0v) is 15.7. The highest BCUT2D eigenvalue weighted by atomic mass is 16.1. The van der Waals surface area contributed by atoms with Crippen molar-refractivity contribution in [3.8, 4) is 0 Å². The third-order valence-corrected chi connectivity index (χ3v) is 5.59. The van der Waals surface area contributed by atoms with Crippen LogP contribution in [0.3, 0.4) is 0 Å². The quantitative estimate of drug-likeness (QED) is 0.731. The lowest BCUT2D eigenvalue weighted by atomic mass is 9.96. The summed E-state index contributed by atoms with van der Waals surface area (Å²) in [6, 6.07) is 7.84. The van der Waals surface area contributed by atoms with E-state index in [1.807, 2.05) is 28.8 Å². The van der Waals surface area contributed by atoms with Crippen LogP contribution in [0.25, 0.3) is 5.65 Å². The molecule has 0 unspecified atom stereocenters. The molecule has 3 aromatic rings. The van der Waals surface area contributed by atoms with Gasteiger partial charge < -0.3 is 10.2 Å². The molecule has 0 bridgehead atoms. The Morgan fingerprint density at radius 1 is 1.11 bits per heavy atom. The predicted molar refractivity (Wildman–Crippen MR) is 104 cm³/mol. The van der Waals surface area contributed by atoms with Gasteiger partial charge in [0.15, 0.2) is 11.5 Å². The molecule has 1 N–H and O–H groups in total. The molecule has 0 radical (unpaired) electrons. The minimum atomic E-state index is 0.0496. The number of nitrogens with one attached hydrogen (secondary N) is 1. The number of carbonyl (C=O) groups is 1. The van der Waals surface area contributed by atoms with Crippen molar-refractivity contribution in [2.45, 2.75) is 38.1 Å². The summed E-state index contributed by atoms with van der Waals surface area (Å²) < 4.78 is 1.89. The number of anilines is 1. The van der Waals surface area contributed by atoms with Gasteiger partial charge in [-0.15, -0.1) is 15.3 Å². The molecule has 144 valence electrons. The van der Waals surface area contributed by atoms with Crippen molar-refractivity contribution in [1.82, 2.24) is 30.1 Å². The molecule has 0 aromatic carbocycles. The molecule has 8 nitrogen and oxygen atoms in total. The van der Waals surface area contributed by atoms with Gasteiger partial charge in [-0.25, -0.2) is 0 Å². The maximum Gasteiger partial charge on any atom is 0.223 e. The number of nitrogens with zero attached hydrogens (tertiary/aromatic N) is 6.